The van der Waals surface area contributed by atoms with Gasteiger partial charge in [-0.2, -0.15) is 5.26 Å². The molecule has 1 aliphatic rings. The number of para-hydroxylation sites is 1. The Hall–Kier alpha value is -4.35. The molecule has 0 spiro atoms. The van der Waals surface area contributed by atoms with Crippen molar-refractivity contribution >= 4 is 35.0 Å². The normalized spacial score (nSPS) is 15.0. The number of hydrogen-bond acceptors (Lipinski definition) is 5. The van der Waals surface area contributed by atoms with Crippen molar-refractivity contribution in [3.8, 4) is 6.07 Å². The van der Waals surface area contributed by atoms with Gasteiger partial charge >= 0.3 is 0 Å². The van der Waals surface area contributed by atoms with Gasteiger partial charge < -0.3 is 16.0 Å². The minimum atomic E-state index is -0.950. The number of dihydropyridines is 1. The van der Waals surface area contributed by atoms with Crippen LogP contribution >= 0.6 is 11.8 Å². The summed E-state index contributed by atoms with van der Waals surface area (Å²) in [6, 6.07) is 23.1. The van der Waals surface area contributed by atoms with Crippen LogP contribution in [0.1, 0.15) is 29.5 Å². The van der Waals surface area contributed by atoms with Crippen LogP contribution in [0.5, 0.6) is 0 Å². The number of hydrogen-bond donors (Lipinski definition) is 3. The lowest BCUT2D eigenvalue weighted by molar-refractivity contribution is -0.114. The fraction of sp³-hybridized carbons (Fsp3) is 0.167. The Balaban J connectivity index is 1.65. The monoisotopic (exact) mass is 526 g/mol. The summed E-state index contributed by atoms with van der Waals surface area (Å²) in [6.07, 6.45) is 0. The number of amides is 2. The summed E-state index contributed by atoms with van der Waals surface area (Å²) in [5.74, 6) is -2.15. The van der Waals surface area contributed by atoms with Gasteiger partial charge in [0.25, 0.3) is 5.91 Å². The molecule has 8 heteroatoms. The second kappa shape index (κ2) is 11.8. The lowest BCUT2D eigenvalue weighted by Gasteiger charge is -2.30. The average molecular weight is 527 g/mol. The van der Waals surface area contributed by atoms with E-state index < -0.39 is 17.6 Å². The summed E-state index contributed by atoms with van der Waals surface area (Å²) in [5, 5.41) is 19.5. The third-order valence-corrected chi connectivity index (χ3v) is 7.17. The van der Waals surface area contributed by atoms with Gasteiger partial charge in [-0.25, -0.2) is 4.39 Å². The third-order valence-electron chi connectivity index (χ3n) is 6.15. The van der Waals surface area contributed by atoms with Crippen molar-refractivity contribution in [2.45, 2.75) is 26.7 Å². The highest BCUT2D eigenvalue weighted by molar-refractivity contribution is 8.03. The molecule has 192 valence electrons. The van der Waals surface area contributed by atoms with Crippen molar-refractivity contribution in [1.29, 1.82) is 5.26 Å². The zero-order valence-corrected chi connectivity index (χ0v) is 22.1. The molecule has 3 N–H and O–H groups in total. The molecule has 0 radical (unpaired) electrons. The van der Waals surface area contributed by atoms with Crippen LogP contribution in [0.25, 0.3) is 0 Å². The lowest BCUT2D eigenvalue weighted by atomic mass is 9.82. The molecule has 6 nitrogen and oxygen atoms in total. The van der Waals surface area contributed by atoms with E-state index in [0.29, 0.717) is 22.1 Å². The molecule has 1 heterocycles. The molecule has 4 rings (SSSR count). The zero-order valence-electron chi connectivity index (χ0n) is 21.3. The summed E-state index contributed by atoms with van der Waals surface area (Å²) in [4.78, 5) is 26.2. The topological polar surface area (TPSA) is 94.0 Å². The fourth-order valence-electron chi connectivity index (χ4n) is 4.31. The SMILES string of the molecule is CC1=C(C(=O)Nc2ccccc2C)C(c2ccccc2F)C(C#N)=C(SCC(=O)Nc2cccc(C)c2)N1. The number of carbonyl (C=O) groups excluding carboxylic acids is 2. The molecule has 2 amide bonds. The summed E-state index contributed by atoms with van der Waals surface area (Å²) in [5.41, 5.74) is 4.29. The van der Waals surface area contributed by atoms with Crippen LogP contribution in [-0.4, -0.2) is 17.6 Å². The third kappa shape index (κ3) is 5.96. The van der Waals surface area contributed by atoms with Gasteiger partial charge in [0.05, 0.1) is 28.3 Å². The zero-order chi connectivity index (χ0) is 27.2. The first-order chi connectivity index (χ1) is 18.3. The van der Waals surface area contributed by atoms with E-state index in [9.17, 15) is 14.9 Å². The Morgan fingerprint density at radius 1 is 1.00 bits per heavy atom. The van der Waals surface area contributed by atoms with Crippen molar-refractivity contribution in [1.82, 2.24) is 5.32 Å². The summed E-state index contributed by atoms with van der Waals surface area (Å²) in [7, 11) is 0. The number of rotatable bonds is 7. The maximum atomic E-state index is 15.1. The number of nitriles is 1. The number of thioether (sulfide) groups is 1. The van der Waals surface area contributed by atoms with E-state index in [1.807, 2.05) is 50.2 Å². The molecule has 0 saturated carbocycles. The number of nitrogens with zero attached hydrogens (tertiary/aromatic N) is 1. The molecule has 38 heavy (non-hydrogen) atoms. The first kappa shape index (κ1) is 26.7. The van der Waals surface area contributed by atoms with Crippen LogP contribution in [-0.2, 0) is 9.59 Å². The van der Waals surface area contributed by atoms with Gasteiger partial charge in [-0.05, 0) is 56.2 Å². The van der Waals surface area contributed by atoms with E-state index in [1.165, 1.54) is 6.07 Å². The number of halogens is 1. The van der Waals surface area contributed by atoms with Crippen molar-refractivity contribution < 1.29 is 14.0 Å². The van der Waals surface area contributed by atoms with Crippen molar-refractivity contribution in [3.63, 3.8) is 0 Å². The van der Waals surface area contributed by atoms with Gasteiger partial charge in [0.2, 0.25) is 5.91 Å². The predicted octanol–water partition coefficient (Wildman–Crippen LogP) is 6.15. The van der Waals surface area contributed by atoms with Gasteiger partial charge in [-0.3, -0.25) is 9.59 Å². The Bertz CT molecular complexity index is 1510. The summed E-state index contributed by atoms with van der Waals surface area (Å²) < 4.78 is 15.1. The number of nitrogens with one attached hydrogen (secondary N) is 3. The van der Waals surface area contributed by atoms with Crippen LogP contribution in [0.2, 0.25) is 0 Å². The van der Waals surface area contributed by atoms with Gasteiger partial charge in [0, 0.05) is 28.2 Å². The van der Waals surface area contributed by atoms with Crippen molar-refractivity contribution in [2.24, 2.45) is 0 Å². The number of benzene rings is 3. The highest BCUT2D eigenvalue weighted by Gasteiger charge is 2.36. The van der Waals surface area contributed by atoms with Crippen LogP contribution in [0.4, 0.5) is 15.8 Å². The van der Waals surface area contributed by atoms with Crippen molar-refractivity contribution in [3.05, 3.63) is 117 Å². The molecular formula is C30H27FN4O2S. The molecule has 0 aliphatic carbocycles. The lowest BCUT2D eigenvalue weighted by Crippen LogP contribution is -2.31. The Labute approximate surface area is 225 Å². The van der Waals surface area contributed by atoms with E-state index in [4.69, 9.17) is 0 Å². The number of allylic oxidation sites excluding steroid dienone is 2. The largest absolute Gasteiger partial charge is 0.353 e. The Morgan fingerprint density at radius 3 is 2.45 bits per heavy atom. The fourth-order valence-corrected chi connectivity index (χ4v) is 5.20. The minimum absolute atomic E-state index is 0.0173. The Morgan fingerprint density at radius 2 is 1.74 bits per heavy atom. The molecular weight excluding hydrogens is 499 g/mol. The number of aryl methyl sites for hydroxylation is 2. The highest BCUT2D eigenvalue weighted by atomic mass is 32.2. The van der Waals surface area contributed by atoms with Crippen LogP contribution in [0, 0.1) is 31.0 Å². The van der Waals surface area contributed by atoms with Crippen LogP contribution < -0.4 is 16.0 Å². The highest BCUT2D eigenvalue weighted by Crippen LogP contribution is 2.41. The van der Waals surface area contributed by atoms with Gasteiger partial charge in [-0.1, -0.05) is 60.3 Å². The van der Waals surface area contributed by atoms with Gasteiger partial charge in [0.15, 0.2) is 0 Å². The van der Waals surface area contributed by atoms with Gasteiger partial charge in [0.1, 0.15) is 5.82 Å². The second-order valence-corrected chi connectivity index (χ2v) is 9.93. The maximum Gasteiger partial charge on any atom is 0.254 e. The molecule has 1 aliphatic heterocycles. The van der Waals surface area contributed by atoms with E-state index in [2.05, 4.69) is 22.0 Å². The van der Waals surface area contributed by atoms with Crippen LogP contribution in [0.3, 0.4) is 0 Å². The summed E-state index contributed by atoms with van der Waals surface area (Å²) in [6.45, 7) is 5.52. The Kier molecular flexibility index (Phi) is 8.29. The maximum absolute atomic E-state index is 15.1. The summed E-state index contributed by atoms with van der Waals surface area (Å²) >= 11 is 1.14. The molecule has 0 saturated heterocycles. The molecule has 3 aromatic rings. The molecule has 1 atom stereocenters. The quantitative estimate of drug-likeness (QED) is 0.343. The molecule has 0 bridgehead atoms. The molecule has 1 unspecified atom stereocenters. The van der Waals surface area contributed by atoms with E-state index in [0.717, 1.165) is 22.9 Å². The standard InChI is InChI=1S/C30H27FN4O2S/c1-18-9-8-11-21(15-18)34-26(36)17-38-30-23(16-32)28(22-12-5-6-13-24(22)31)27(20(3)33-30)29(37)35-25-14-7-4-10-19(25)2/h4-15,28,33H,17H2,1-3H3,(H,34,36)(H,35,37). The van der Waals surface area contributed by atoms with E-state index in [1.54, 1.807) is 37.3 Å². The minimum Gasteiger partial charge on any atom is -0.353 e. The van der Waals surface area contributed by atoms with E-state index >= 15 is 4.39 Å². The number of carbonyl (C=O) groups is 2. The first-order valence-corrected chi connectivity index (χ1v) is 13.0. The molecule has 0 fully saturated rings. The van der Waals surface area contributed by atoms with Crippen molar-refractivity contribution in [2.75, 3.05) is 16.4 Å². The van der Waals surface area contributed by atoms with Gasteiger partial charge in [-0.15, -0.1) is 0 Å². The molecule has 0 aromatic heterocycles. The van der Waals surface area contributed by atoms with E-state index in [-0.39, 0.29) is 28.4 Å². The second-order valence-electron chi connectivity index (χ2n) is 8.95. The first-order valence-electron chi connectivity index (χ1n) is 12.0. The van der Waals surface area contributed by atoms with Crippen LogP contribution in [0.15, 0.2) is 94.7 Å². The smallest absolute Gasteiger partial charge is 0.254 e. The average Bonchev–Trinajstić information content (AvgIpc) is 2.88. The molecule has 3 aromatic carbocycles. The predicted molar refractivity (Wildman–Crippen MR) is 150 cm³/mol. The number of anilines is 2.